The third kappa shape index (κ3) is 2.82. The van der Waals surface area contributed by atoms with Gasteiger partial charge >= 0.3 is 5.97 Å². The Labute approximate surface area is 130 Å². The number of anilines is 1. The zero-order chi connectivity index (χ0) is 16.4. The average molecular weight is 308 g/mol. The molecule has 0 atom stereocenters. The number of carbonyl (C=O) groups excluding carboxylic acids is 1. The molecule has 0 radical (unpaired) electrons. The molecule has 0 saturated heterocycles. The number of carboxylic acid groups (broad SMARTS) is 1. The van der Waals surface area contributed by atoms with Crippen LogP contribution in [0, 0.1) is 0 Å². The molecular weight excluding hydrogens is 296 g/mol. The highest BCUT2D eigenvalue weighted by molar-refractivity contribution is 6.13. The van der Waals surface area contributed by atoms with Crippen molar-refractivity contribution >= 4 is 28.5 Å². The average Bonchev–Trinajstić information content (AvgIpc) is 2.54. The Morgan fingerprint density at radius 2 is 1.65 bits per heavy atom. The van der Waals surface area contributed by atoms with Crippen LogP contribution in [0.25, 0.3) is 10.9 Å². The molecule has 0 saturated carbocycles. The molecule has 0 aliphatic carbocycles. The fraction of sp³-hybridized carbons (Fsp3) is 0. The first kappa shape index (κ1) is 14.5. The summed E-state index contributed by atoms with van der Waals surface area (Å²) in [5.41, 5.74) is 0.478. The molecule has 3 rings (SSSR count). The zero-order valence-electron chi connectivity index (χ0n) is 11.9. The predicted octanol–water partition coefficient (Wildman–Crippen LogP) is 2.48. The van der Waals surface area contributed by atoms with Gasteiger partial charge in [0.2, 0.25) is 5.56 Å². The highest BCUT2D eigenvalue weighted by atomic mass is 16.4. The van der Waals surface area contributed by atoms with Gasteiger partial charge in [0, 0.05) is 17.0 Å². The second kappa shape index (κ2) is 5.76. The molecule has 0 bridgehead atoms. The molecule has 0 fully saturated rings. The largest absolute Gasteiger partial charge is 0.478 e. The van der Waals surface area contributed by atoms with Gasteiger partial charge in [-0.25, -0.2) is 4.79 Å². The second-order valence-corrected chi connectivity index (χ2v) is 4.90. The van der Waals surface area contributed by atoms with Crippen LogP contribution in [0.15, 0.2) is 59.4 Å². The van der Waals surface area contributed by atoms with E-state index in [4.69, 9.17) is 5.11 Å². The summed E-state index contributed by atoms with van der Waals surface area (Å²) in [6.45, 7) is 0. The van der Waals surface area contributed by atoms with Gasteiger partial charge in [-0.3, -0.25) is 9.59 Å². The summed E-state index contributed by atoms with van der Waals surface area (Å²) < 4.78 is 0. The number of carboxylic acids is 1. The minimum atomic E-state index is -1.14. The summed E-state index contributed by atoms with van der Waals surface area (Å²) in [5, 5.41) is 12.3. The van der Waals surface area contributed by atoms with Crippen molar-refractivity contribution in [2.24, 2.45) is 0 Å². The van der Waals surface area contributed by atoms with Gasteiger partial charge in [0.15, 0.2) is 0 Å². The topological polar surface area (TPSA) is 99.3 Å². The number of hydrogen-bond acceptors (Lipinski definition) is 3. The molecule has 2 aromatic carbocycles. The lowest BCUT2D eigenvalue weighted by atomic mass is 10.1. The first-order valence-electron chi connectivity index (χ1n) is 6.82. The number of pyridine rings is 1. The summed E-state index contributed by atoms with van der Waals surface area (Å²) in [4.78, 5) is 38.1. The summed E-state index contributed by atoms with van der Waals surface area (Å²) in [6, 6.07) is 14.2. The lowest BCUT2D eigenvalue weighted by Crippen LogP contribution is -2.18. The Kier molecular flexibility index (Phi) is 3.64. The molecule has 0 aliphatic rings. The minimum Gasteiger partial charge on any atom is -0.478 e. The lowest BCUT2D eigenvalue weighted by Gasteiger charge is -2.10. The van der Waals surface area contributed by atoms with Crippen molar-refractivity contribution in [1.82, 2.24) is 4.98 Å². The molecule has 3 aromatic rings. The highest BCUT2D eigenvalue weighted by Gasteiger charge is 2.15. The molecule has 6 heteroatoms. The van der Waals surface area contributed by atoms with E-state index in [9.17, 15) is 14.4 Å². The van der Waals surface area contributed by atoms with E-state index in [1.54, 1.807) is 36.4 Å². The highest BCUT2D eigenvalue weighted by Crippen LogP contribution is 2.19. The van der Waals surface area contributed by atoms with Gasteiger partial charge < -0.3 is 15.4 Å². The molecule has 0 aliphatic heterocycles. The van der Waals surface area contributed by atoms with Gasteiger partial charge in [-0.2, -0.15) is 0 Å². The van der Waals surface area contributed by atoms with Crippen LogP contribution in [-0.4, -0.2) is 22.0 Å². The van der Waals surface area contributed by atoms with Crippen LogP contribution < -0.4 is 10.9 Å². The number of fused-ring (bicyclic) bond motifs is 1. The number of H-pyrrole nitrogens is 1. The maximum absolute atomic E-state index is 12.5. The summed E-state index contributed by atoms with van der Waals surface area (Å²) in [6.07, 6.45) is 0. The van der Waals surface area contributed by atoms with Gasteiger partial charge in [-0.15, -0.1) is 0 Å². The molecule has 6 nitrogen and oxygen atoms in total. The first-order valence-corrected chi connectivity index (χ1v) is 6.82. The number of hydrogen-bond donors (Lipinski definition) is 3. The zero-order valence-corrected chi connectivity index (χ0v) is 11.9. The number of carbonyl (C=O) groups is 2. The molecule has 0 unspecified atom stereocenters. The van der Waals surface area contributed by atoms with Crippen molar-refractivity contribution in [3.05, 3.63) is 76.1 Å². The van der Waals surface area contributed by atoms with Crippen molar-refractivity contribution in [1.29, 1.82) is 0 Å². The third-order valence-corrected chi connectivity index (χ3v) is 3.40. The molecule has 0 spiro atoms. The second-order valence-electron chi connectivity index (χ2n) is 4.90. The number of amides is 1. The molecule has 23 heavy (non-hydrogen) atoms. The summed E-state index contributed by atoms with van der Waals surface area (Å²) >= 11 is 0. The molecule has 1 aromatic heterocycles. The van der Waals surface area contributed by atoms with E-state index in [1.165, 1.54) is 18.2 Å². The maximum Gasteiger partial charge on any atom is 0.337 e. The molecule has 1 heterocycles. The Morgan fingerprint density at radius 1 is 0.957 bits per heavy atom. The number of nitrogens with one attached hydrogen (secondary N) is 2. The fourth-order valence-electron chi connectivity index (χ4n) is 2.36. The number of para-hydroxylation sites is 2. The van der Waals surface area contributed by atoms with E-state index < -0.39 is 17.4 Å². The monoisotopic (exact) mass is 308 g/mol. The number of aromatic amines is 1. The van der Waals surface area contributed by atoms with Crippen LogP contribution in [0.2, 0.25) is 0 Å². The Hall–Kier alpha value is -3.41. The lowest BCUT2D eigenvalue weighted by molar-refractivity contribution is 0.0698. The van der Waals surface area contributed by atoms with Crippen molar-refractivity contribution in [3.8, 4) is 0 Å². The van der Waals surface area contributed by atoms with Gasteiger partial charge in [0.05, 0.1) is 16.8 Å². The van der Waals surface area contributed by atoms with Crippen molar-refractivity contribution in [2.75, 3.05) is 5.32 Å². The SMILES string of the molecule is O=C(O)c1ccccc1NC(=O)c1cc(=O)[nH]c2ccccc12. The van der Waals surface area contributed by atoms with E-state index in [0.717, 1.165) is 0 Å². The number of rotatable bonds is 3. The standard InChI is InChI=1S/C17H12N2O4/c20-15-9-12(10-5-1-3-7-13(10)18-15)16(21)19-14-8-4-2-6-11(14)17(22)23/h1-9H,(H,18,20)(H,19,21)(H,22,23). The Balaban J connectivity index is 2.06. The number of benzene rings is 2. The van der Waals surface area contributed by atoms with Crippen LogP contribution in [-0.2, 0) is 0 Å². The van der Waals surface area contributed by atoms with E-state index >= 15 is 0 Å². The maximum atomic E-state index is 12.5. The summed E-state index contributed by atoms with van der Waals surface area (Å²) in [7, 11) is 0. The third-order valence-electron chi connectivity index (χ3n) is 3.40. The van der Waals surface area contributed by atoms with Crippen LogP contribution in [0.3, 0.4) is 0 Å². The smallest absolute Gasteiger partial charge is 0.337 e. The molecule has 1 amide bonds. The predicted molar refractivity (Wildman–Crippen MR) is 85.9 cm³/mol. The van der Waals surface area contributed by atoms with E-state index in [1.807, 2.05) is 0 Å². The van der Waals surface area contributed by atoms with Crippen LogP contribution in [0.5, 0.6) is 0 Å². The minimum absolute atomic E-state index is 0.0185. The van der Waals surface area contributed by atoms with Crippen molar-refractivity contribution in [3.63, 3.8) is 0 Å². The summed E-state index contributed by atoms with van der Waals surface area (Å²) in [5.74, 6) is -1.68. The van der Waals surface area contributed by atoms with E-state index in [0.29, 0.717) is 10.9 Å². The Bertz CT molecular complexity index is 975. The molecular formula is C17H12N2O4. The van der Waals surface area contributed by atoms with Crippen LogP contribution >= 0.6 is 0 Å². The quantitative estimate of drug-likeness (QED) is 0.692. The van der Waals surface area contributed by atoms with E-state index in [2.05, 4.69) is 10.3 Å². The van der Waals surface area contributed by atoms with Gasteiger partial charge in [-0.1, -0.05) is 30.3 Å². The van der Waals surface area contributed by atoms with Gasteiger partial charge in [0.1, 0.15) is 0 Å². The van der Waals surface area contributed by atoms with Gasteiger partial charge in [0.25, 0.3) is 5.91 Å². The fourth-order valence-corrected chi connectivity index (χ4v) is 2.36. The van der Waals surface area contributed by atoms with Crippen molar-refractivity contribution in [2.45, 2.75) is 0 Å². The van der Waals surface area contributed by atoms with Crippen molar-refractivity contribution < 1.29 is 14.7 Å². The number of aromatic carboxylic acids is 1. The molecule has 3 N–H and O–H groups in total. The van der Waals surface area contributed by atoms with Crippen LogP contribution in [0.4, 0.5) is 5.69 Å². The molecule has 114 valence electrons. The number of aromatic nitrogens is 1. The van der Waals surface area contributed by atoms with Gasteiger partial charge in [-0.05, 0) is 18.2 Å². The normalized spacial score (nSPS) is 10.4. The van der Waals surface area contributed by atoms with Crippen LogP contribution in [0.1, 0.15) is 20.7 Å². The van der Waals surface area contributed by atoms with E-state index in [-0.39, 0.29) is 16.8 Å². The Morgan fingerprint density at radius 3 is 2.43 bits per heavy atom. The first-order chi connectivity index (χ1) is 11.1.